The zero-order valence-corrected chi connectivity index (χ0v) is 11.5. The topological polar surface area (TPSA) is 55.6 Å². The van der Waals surface area contributed by atoms with Crippen molar-refractivity contribution in [2.24, 2.45) is 7.05 Å². The number of likely N-dealkylation sites (N-methyl/N-ethyl adjacent to an activating group) is 1. The van der Waals surface area contributed by atoms with E-state index < -0.39 is 0 Å². The van der Waals surface area contributed by atoms with Gasteiger partial charge in [0.15, 0.2) is 5.82 Å². The molecule has 1 aromatic heterocycles. The van der Waals surface area contributed by atoms with Crippen molar-refractivity contribution in [2.45, 2.75) is 19.4 Å². The molecule has 1 N–H and O–H groups in total. The van der Waals surface area contributed by atoms with Gasteiger partial charge in [-0.2, -0.15) is 4.80 Å². The Labute approximate surface area is 115 Å². The number of rotatable bonds is 5. The third kappa shape index (κ3) is 3.48. The maximum Gasteiger partial charge on any atom is 0.176 e. The standard InChI is InChI=1S/C12H15ClFN5/c1-3-15-11(7-12-16-18-19(2)17-12)9-5-4-8(13)6-10(9)14/h4-6,11,15H,3,7H2,1-2H3. The first-order valence-electron chi connectivity index (χ1n) is 6.01. The third-order valence-electron chi connectivity index (χ3n) is 2.72. The molecule has 2 aromatic rings. The Morgan fingerprint density at radius 2 is 2.26 bits per heavy atom. The van der Waals surface area contributed by atoms with Crippen molar-refractivity contribution in [1.29, 1.82) is 0 Å². The van der Waals surface area contributed by atoms with Gasteiger partial charge in [-0.05, 0) is 23.9 Å². The quantitative estimate of drug-likeness (QED) is 0.910. The van der Waals surface area contributed by atoms with Gasteiger partial charge >= 0.3 is 0 Å². The molecule has 1 unspecified atom stereocenters. The molecule has 0 aliphatic carbocycles. The SMILES string of the molecule is CCNC(Cc1nnn(C)n1)c1ccc(Cl)cc1F. The van der Waals surface area contributed by atoms with Crippen molar-refractivity contribution in [3.8, 4) is 0 Å². The molecule has 7 heteroatoms. The molecule has 19 heavy (non-hydrogen) atoms. The lowest BCUT2D eigenvalue weighted by Crippen LogP contribution is -2.24. The average Bonchev–Trinajstić information content (AvgIpc) is 2.74. The molecule has 0 fully saturated rings. The number of aromatic nitrogens is 4. The van der Waals surface area contributed by atoms with Gasteiger partial charge in [-0.25, -0.2) is 4.39 Å². The fraction of sp³-hybridized carbons (Fsp3) is 0.417. The van der Waals surface area contributed by atoms with Crippen molar-refractivity contribution >= 4 is 11.6 Å². The minimum atomic E-state index is -0.331. The molecular formula is C12H15ClFN5. The number of aryl methyl sites for hydroxylation is 1. The first-order chi connectivity index (χ1) is 9.10. The van der Waals surface area contributed by atoms with E-state index >= 15 is 0 Å². The average molecular weight is 284 g/mol. The summed E-state index contributed by atoms with van der Waals surface area (Å²) in [6.45, 7) is 2.68. The highest BCUT2D eigenvalue weighted by Crippen LogP contribution is 2.22. The maximum absolute atomic E-state index is 13.9. The molecule has 0 saturated heterocycles. The Hall–Kier alpha value is -1.53. The molecule has 0 bridgehead atoms. The van der Waals surface area contributed by atoms with E-state index in [1.165, 1.54) is 10.9 Å². The van der Waals surface area contributed by atoms with Gasteiger partial charge in [0.05, 0.1) is 7.05 Å². The van der Waals surface area contributed by atoms with Crippen LogP contribution >= 0.6 is 11.6 Å². The molecular weight excluding hydrogens is 269 g/mol. The molecule has 0 spiro atoms. The third-order valence-corrected chi connectivity index (χ3v) is 2.96. The molecule has 2 rings (SSSR count). The number of hydrogen-bond acceptors (Lipinski definition) is 4. The van der Waals surface area contributed by atoms with Crippen LogP contribution in [0.3, 0.4) is 0 Å². The molecule has 0 amide bonds. The summed E-state index contributed by atoms with van der Waals surface area (Å²) >= 11 is 5.76. The van der Waals surface area contributed by atoms with Crippen LogP contribution in [0.15, 0.2) is 18.2 Å². The maximum atomic E-state index is 13.9. The van der Waals surface area contributed by atoms with Gasteiger partial charge in [0.1, 0.15) is 5.82 Å². The fourth-order valence-electron chi connectivity index (χ4n) is 1.91. The first-order valence-corrected chi connectivity index (χ1v) is 6.39. The van der Waals surface area contributed by atoms with Crippen molar-refractivity contribution in [1.82, 2.24) is 25.5 Å². The van der Waals surface area contributed by atoms with Crippen LogP contribution in [0.5, 0.6) is 0 Å². The summed E-state index contributed by atoms with van der Waals surface area (Å²) in [6, 6.07) is 4.47. The fourth-order valence-corrected chi connectivity index (χ4v) is 2.07. The van der Waals surface area contributed by atoms with E-state index in [9.17, 15) is 4.39 Å². The summed E-state index contributed by atoms with van der Waals surface area (Å²) in [4.78, 5) is 1.39. The van der Waals surface area contributed by atoms with Gasteiger partial charge in [-0.15, -0.1) is 10.2 Å². The molecule has 1 aromatic carbocycles. The second-order valence-electron chi connectivity index (χ2n) is 4.18. The lowest BCUT2D eigenvalue weighted by Gasteiger charge is -2.17. The van der Waals surface area contributed by atoms with E-state index in [2.05, 4.69) is 20.7 Å². The molecule has 0 saturated carbocycles. The monoisotopic (exact) mass is 283 g/mol. The summed E-state index contributed by atoms with van der Waals surface area (Å²) in [5.41, 5.74) is 0.554. The Balaban J connectivity index is 2.23. The van der Waals surface area contributed by atoms with E-state index in [1.54, 1.807) is 19.2 Å². The predicted molar refractivity (Wildman–Crippen MR) is 70.3 cm³/mol. The Kier molecular flexibility index (Phi) is 4.44. The lowest BCUT2D eigenvalue weighted by molar-refractivity contribution is 0.500. The van der Waals surface area contributed by atoms with Crippen molar-refractivity contribution in [3.63, 3.8) is 0 Å². The predicted octanol–water partition coefficient (Wildman–Crippen LogP) is 1.90. The highest BCUT2D eigenvalue weighted by atomic mass is 35.5. The van der Waals surface area contributed by atoms with E-state index in [-0.39, 0.29) is 11.9 Å². The smallest absolute Gasteiger partial charge is 0.176 e. The highest BCUT2D eigenvalue weighted by molar-refractivity contribution is 6.30. The summed E-state index contributed by atoms with van der Waals surface area (Å²) < 4.78 is 13.9. The Morgan fingerprint density at radius 1 is 1.47 bits per heavy atom. The molecule has 1 heterocycles. The van der Waals surface area contributed by atoms with Crippen molar-refractivity contribution in [2.75, 3.05) is 6.54 Å². The number of nitrogens with one attached hydrogen (secondary N) is 1. The zero-order chi connectivity index (χ0) is 13.8. The van der Waals surface area contributed by atoms with E-state index in [0.717, 1.165) is 0 Å². The molecule has 0 aliphatic heterocycles. The second kappa shape index (κ2) is 6.08. The first kappa shape index (κ1) is 13.9. The van der Waals surface area contributed by atoms with Gasteiger partial charge in [-0.3, -0.25) is 0 Å². The van der Waals surface area contributed by atoms with Crippen LogP contribution < -0.4 is 5.32 Å². The van der Waals surface area contributed by atoms with Crippen LogP contribution in [0.25, 0.3) is 0 Å². The van der Waals surface area contributed by atoms with Crippen LogP contribution in [-0.4, -0.2) is 26.8 Å². The van der Waals surface area contributed by atoms with E-state index in [0.29, 0.717) is 29.4 Å². The molecule has 102 valence electrons. The van der Waals surface area contributed by atoms with Crippen LogP contribution in [0, 0.1) is 5.82 Å². The number of hydrogen-bond donors (Lipinski definition) is 1. The minimum Gasteiger partial charge on any atom is -0.310 e. The zero-order valence-electron chi connectivity index (χ0n) is 10.8. The van der Waals surface area contributed by atoms with Gasteiger partial charge in [-0.1, -0.05) is 24.6 Å². The number of nitrogens with zero attached hydrogens (tertiary/aromatic N) is 4. The van der Waals surface area contributed by atoms with Crippen molar-refractivity contribution < 1.29 is 4.39 Å². The molecule has 0 aliphatic rings. The Bertz CT molecular complexity index is 557. The van der Waals surface area contributed by atoms with Crippen LogP contribution in [0.4, 0.5) is 4.39 Å². The van der Waals surface area contributed by atoms with Crippen LogP contribution in [0.2, 0.25) is 5.02 Å². The molecule has 1 atom stereocenters. The van der Waals surface area contributed by atoms with Gasteiger partial charge in [0.2, 0.25) is 0 Å². The van der Waals surface area contributed by atoms with Crippen LogP contribution in [-0.2, 0) is 13.5 Å². The number of benzene rings is 1. The second-order valence-corrected chi connectivity index (χ2v) is 4.61. The minimum absolute atomic E-state index is 0.202. The summed E-state index contributed by atoms with van der Waals surface area (Å²) in [6.07, 6.45) is 0.472. The lowest BCUT2D eigenvalue weighted by atomic mass is 10.0. The summed E-state index contributed by atoms with van der Waals surface area (Å²) in [5.74, 6) is 0.241. The number of halogens is 2. The van der Waals surface area contributed by atoms with Crippen LogP contribution in [0.1, 0.15) is 24.4 Å². The summed E-state index contributed by atoms with van der Waals surface area (Å²) in [7, 11) is 1.70. The normalized spacial score (nSPS) is 12.6. The highest BCUT2D eigenvalue weighted by Gasteiger charge is 2.18. The largest absolute Gasteiger partial charge is 0.310 e. The molecule has 5 nitrogen and oxygen atoms in total. The van der Waals surface area contributed by atoms with E-state index in [4.69, 9.17) is 11.6 Å². The van der Waals surface area contributed by atoms with E-state index in [1.807, 2.05) is 6.92 Å². The Morgan fingerprint density at radius 3 is 2.84 bits per heavy atom. The number of tetrazole rings is 1. The van der Waals surface area contributed by atoms with Gasteiger partial charge in [0, 0.05) is 23.0 Å². The molecule has 0 radical (unpaired) electrons. The van der Waals surface area contributed by atoms with Gasteiger partial charge in [0.25, 0.3) is 0 Å². The van der Waals surface area contributed by atoms with Crippen molar-refractivity contribution in [3.05, 3.63) is 40.4 Å². The van der Waals surface area contributed by atoms with Gasteiger partial charge < -0.3 is 5.32 Å². The summed E-state index contributed by atoms with van der Waals surface area (Å²) in [5, 5.41) is 15.4.